The van der Waals surface area contributed by atoms with Crippen LogP contribution in [0.15, 0.2) is 48.9 Å². The summed E-state index contributed by atoms with van der Waals surface area (Å²) in [5.74, 6) is -1.59. The van der Waals surface area contributed by atoms with Crippen molar-refractivity contribution in [2.45, 2.75) is 12.3 Å². The van der Waals surface area contributed by atoms with Gasteiger partial charge in [0.05, 0.1) is 17.5 Å². The topological polar surface area (TPSA) is 68.0 Å². The monoisotopic (exact) mass is 281 g/mol. The lowest BCUT2D eigenvalue weighted by atomic mass is 9.95. The maximum Gasteiger partial charge on any atom is 0.313 e. The van der Waals surface area contributed by atoms with Crippen LogP contribution in [0.4, 0.5) is 0 Å². The van der Waals surface area contributed by atoms with Crippen LogP contribution in [-0.2, 0) is 18.3 Å². The van der Waals surface area contributed by atoms with E-state index in [9.17, 15) is 9.90 Å². The van der Waals surface area contributed by atoms with Crippen molar-refractivity contribution in [1.82, 2.24) is 14.5 Å². The summed E-state index contributed by atoms with van der Waals surface area (Å²) in [4.78, 5) is 20.3. The number of rotatable bonds is 4. The number of carboxylic acids is 1. The summed E-state index contributed by atoms with van der Waals surface area (Å²) in [5, 5.41) is 9.58. The van der Waals surface area contributed by atoms with Gasteiger partial charge in [-0.3, -0.25) is 9.78 Å². The van der Waals surface area contributed by atoms with Crippen LogP contribution in [0.1, 0.15) is 17.2 Å². The first-order chi connectivity index (χ1) is 10.2. The number of benzene rings is 1. The van der Waals surface area contributed by atoms with Gasteiger partial charge in [0, 0.05) is 13.2 Å². The fourth-order valence-corrected chi connectivity index (χ4v) is 2.49. The van der Waals surface area contributed by atoms with Crippen LogP contribution >= 0.6 is 0 Å². The summed E-state index contributed by atoms with van der Waals surface area (Å²) in [6.07, 6.45) is 3.72. The number of hydrogen-bond donors (Lipinski definition) is 1. The Morgan fingerprint density at radius 1 is 1.24 bits per heavy atom. The van der Waals surface area contributed by atoms with Gasteiger partial charge in [-0.15, -0.1) is 0 Å². The average Bonchev–Trinajstić information content (AvgIpc) is 2.87. The van der Waals surface area contributed by atoms with E-state index in [4.69, 9.17) is 0 Å². The Labute approximate surface area is 121 Å². The van der Waals surface area contributed by atoms with Crippen molar-refractivity contribution < 1.29 is 9.90 Å². The summed E-state index contributed by atoms with van der Waals surface area (Å²) < 4.78 is 1.86. The highest BCUT2D eigenvalue weighted by Crippen LogP contribution is 2.25. The second-order valence-electron chi connectivity index (χ2n) is 5.00. The zero-order chi connectivity index (χ0) is 14.8. The van der Waals surface area contributed by atoms with Crippen molar-refractivity contribution in [2.24, 2.45) is 7.05 Å². The fraction of sp³-hybridized carbons (Fsp3) is 0.188. The Morgan fingerprint density at radius 2 is 2.00 bits per heavy atom. The Bertz CT molecular complexity index is 781. The zero-order valence-electron chi connectivity index (χ0n) is 11.6. The third-order valence-corrected chi connectivity index (χ3v) is 3.58. The minimum atomic E-state index is -0.885. The molecule has 5 nitrogen and oxygen atoms in total. The molecule has 0 radical (unpaired) electrons. The van der Waals surface area contributed by atoms with Gasteiger partial charge in [-0.25, -0.2) is 4.98 Å². The highest BCUT2D eigenvalue weighted by Gasteiger charge is 2.25. The van der Waals surface area contributed by atoms with E-state index in [0.717, 1.165) is 11.1 Å². The molecule has 1 atom stereocenters. The molecule has 0 aliphatic heterocycles. The smallest absolute Gasteiger partial charge is 0.313 e. The summed E-state index contributed by atoms with van der Waals surface area (Å²) >= 11 is 0. The molecule has 0 fully saturated rings. The molecule has 1 N–H and O–H groups in total. The maximum absolute atomic E-state index is 11.7. The lowest BCUT2D eigenvalue weighted by Gasteiger charge is -2.12. The molecule has 2 heterocycles. The van der Waals surface area contributed by atoms with Gasteiger partial charge in [-0.05, 0) is 18.1 Å². The van der Waals surface area contributed by atoms with Crippen LogP contribution in [0.5, 0.6) is 0 Å². The number of pyridine rings is 1. The summed E-state index contributed by atoms with van der Waals surface area (Å²) in [6, 6.07) is 11.4. The lowest BCUT2D eigenvalue weighted by Crippen LogP contribution is -2.16. The van der Waals surface area contributed by atoms with Crippen molar-refractivity contribution >= 4 is 17.0 Å². The number of fused-ring (bicyclic) bond motifs is 1. The molecule has 1 aromatic carbocycles. The van der Waals surface area contributed by atoms with Crippen LogP contribution in [0.25, 0.3) is 11.0 Å². The predicted octanol–water partition coefficient (Wildman–Crippen LogP) is 2.38. The van der Waals surface area contributed by atoms with Crippen LogP contribution in [-0.4, -0.2) is 25.6 Å². The first kappa shape index (κ1) is 13.3. The van der Waals surface area contributed by atoms with Crippen LogP contribution in [0.2, 0.25) is 0 Å². The van der Waals surface area contributed by atoms with E-state index in [2.05, 4.69) is 9.97 Å². The standard InChI is InChI=1S/C16H15N3O2/c1-19-10-18-15-13(19)7-8-17-14(15)12(16(20)21)9-11-5-3-2-4-6-11/h2-8,10,12H,9H2,1H3,(H,20,21). The second kappa shape index (κ2) is 5.36. The molecule has 0 saturated heterocycles. The van der Waals surface area contributed by atoms with E-state index in [1.54, 1.807) is 12.5 Å². The molecular formula is C16H15N3O2. The van der Waals surface area contributed by atoms with Gasteiger partial charge in [-0.1, -0.05) is 30.3 Å². The van der Waals surface area contributed by atoms with Gasteiger partial charge < -0.3 is 9.67 Å². The zero-order valence-corrected chi connectivity index (χ0v) is 11.6. The molecule has 0 aliphatic carbocycles. The molecule has 21 heavy (non-hydrogen) atoms. The number of carbonyl (C=O) groups is 1. The van der Waals surface area contributed by atoms with Crippen LogP contribution in [0.3, 0.4) is 0 Å². The Morgan fingerprint density at radius 3 is 2.71 bits per heavy atom. The first-order valence-corrected chi connectivity index (χ1v) is 6.69. The van der Waals surface area contributed by atoms with E-state index < -0.39 is 11.9 Å². The molecule has 5 heteroatoms. The number of nitrogens with zero attached hydrogens (tertiary/aromatic N) is 3. The summed E-state index contributed by atoms with van der Waals surface area (Å²) in [6.45, 7) is 0. The third kappa shape index (κ3) is 2.50. The molecule has 0 amide bonds. The normalized spacial score (nSPS) is 12.4. The van der Waals surface area contributed by atoms with Gasteiger partial charge in [0.15, 0.2) is 0 Å². The van der Waals surface area contributed by atoms with Crippen molar-refractivity contribution in [3.63, 3.8) is 0 Å². The number of carboxylic acid groups (broad SMARTS) is 1. The molecule has 0 spiro atoms. The number of aryl methyl sites for hydroxylation is 1. The van der Waals surface area contributed by atoms with Gasteiger partial charge in [0.1, 0.15) is 11.4 Å². The molecule has 1 unspecified atom stereocenters. The van der Waals surface area contributed by atoms with Crippen LogP contribution < -0.4 is 0 Å². The van der Waals surface area contributed by atoms with Crippen molar-refractivity contribution in [2.75, 3.05) is 0 Å². The van der Waals surface area contributed by atoms with E-state index in [0.29, 0.717) is 17.6 Å². The average molecular weight is 281 g/mol. The van der Waals surface area contributed by atoms with Gasteiger partial charge in [0.25, 0.3) is 0 Å². The number of imidazole rings is 1. The van der Waals surface area contributed by atoms with E-state index >= 15 is 0 Å². The number of aliphatic carboxylic acids is 1. The van der Waals surface area contributed by atoms with E-state index in [1.807, 2.05) is 48.0 Å². The summed E-state index contributed by atoms with van der Waals surface area (Å²) in [5.41, 5.74) is 3.03. The number of hydrogen-bond acceptors (Lipinski definition) is 3. The quantitative estimate of drug-likeness (QED) is 0.797. The molecule has 2 aromatic heterocycles. The van der Waals surface area contributed by atoms with Crippen molar-refractivity contribution in [1.29, 1.82) is 0 Å². The minimum absolute atomic E-state index is 0.402. The SMILES string of the molecule is Cn1cnc2c(C(Cc3ccccc3)C(=O)O)nccc21. The molecule has 0 aliphatic rings. The van der Waals surface area contributed by atoms with Gasteiger partial charge in [0.2, 0.25) is 0 Å². The highest BCUT2D eigenvalue weighted by molar-refractivity contribution is 5.85. The Hall–Kier alpha value is -2.69. The Balaban J connectivity index is 2.06. The third-order valence-electron chi connectivity index (χ3n) is 3.58. The first-order valence-electron chi connectivity index (χ1n) is 6.69. The molecule has 0 saturated carbocycles. The maximum atomic E-state index is 11.7. The highest BCUT2D eigenvalue weighted by atomic mass is 16.4. The molecule has 106 valence electrons. The molecule has 3 rings (SSSR count). The van der Waals surface area contributed by atoms with Crippen molar-refractivity contribution in [3.05, 3.63) is 60.2 Å². The van der Waals surface area contributed by atoms with Gasteiger partial charge >= 0.3 is 5.97 Å². The second-order valence-corrected chi connectivity index (χ2v) is 5.00. The summed E-state index contributed by atoms with van der Waals surface area (Å²) in [7, 11) is 1.88. The molecule has 0 bridgehead atoms. The fourth-order valence-electron chi connectivity index (χ4n) is 2.49. The van der Waals surface area contributed by atoms with Crippen LogP contribution in [0, 0.1) is 0 Å². The largest absolute Gasteiger partial charge is 0.481 e. The van der Waals surface area contributed by atoms with Crippen molar-refractivity contribution in [3.8, 4) is 0 Å². The minimum Gasteiger partial charge on any atom is -0.481 e. The van der Waals surface area contributed by atoms with E-state index in [1.165, 1.54) is 0 Å². The Kier molecular flexibility index (Phi) is 3.39. The lowest BCUT2D eigenvalue weighted by molar-refractivity contribution is -0.138. The predicted molar refractivity (Wildman–Crippen MR) is 79.0 cm³/mol. The molecular weight excluding hydrogens is 266 g/mol. The molecule has 3 aromatic rings. The van der Waals surface area contributed by atoms with Gasteiger partial charge in [-0.2, -0.15) is 0 Å². The van der Waals surface area contributed by atoms with E-state index in [-0.39, 0.29) is 0 Å². The number of aromatic nitrogens is 3.